The van der Waals surface area contributed by atoms with Gasteiger partial charge in [0.05, 0.1) is 6.26 Å². The van der Waals surface area contributed by atoms with Crippen molar-refractivity contribution in [2.75, 3.05) is 37.6 Å². The normalized spacial score (nSPS) is 18.3. The maximum absolute atomic E-state index is 12.0. The molecule has 1 atom stereocenters. The topological polar surface area (TPSA) is 61.1 Å². The molecule has 0 spiro atoms. The summed E-state index contributed by atoms with van der Waals surface area (Å²) in [6.07, 6.45) is 6.26. The van der Waals surface area contributed by atoms with Crippen molar-refractivity contribution >= 4 is 41.5 Å². The van der Waals surface area contributed by atoms with Crippen LogP contribution in [0.2, 0.25) is 0 Å². The van der Waals surface area contributed by atoms with Crippen LogP contribution in [0.1, 0.15) is 49.8 Å². The van der Waals surface area contributed by atoms with E-state index in [0.717, 1.165) is 70.1 Å². The van der Waals surface area contributed by atoms with Crippen LogP contribution in [-0.2, 0) is 11.2 Å². The van der Waals surface area contributed by atoms with Crippen LogP contribution >= 0.6 is 24.0 Å². The number of aliphatic imine (C=N–C) groups is 1. The van der Waals surface area contributed by atoms with Crippen LogP contribution in [0.4, 0.5) is 5.69 Å². The molecule has 2 aromatic rings. The Balaban J connectivity index is 0.00000272. The molecule has 1 saturated heterocycles. The maximum Gasteiger partial charge on any atom is 0.222 e. The number of carbonyl (C=O) groups is 1. The Morgan fingerprint density at radius 1 is 1.26 bits per heavy atom. The van der Waals surface area contributed by atoms with E-state index in [1.54, 1.807) is 6.26 Å². The first kappa shape index (κ1) is 23.6. The third-order valence-corrected chi connectivity index (χ3v) is 5.96. The number of amides is 1. The van der Waals surface area contributed by atoms with Gasteiger partial charge in [0.2, 0.25) is 5.91 Å². The number of rotatable bonds is 8. The number of halogens is 1. The first-order valence-corrected chi connectivity index (χ1v) is 11.2. The lowest BCUT2D eigenvalue weighted by molar-refractivity contribution is -0.127. The van der Waals surface area contributed by atoms with Crippen LogP contribution in [0.15, 0.2) is 52.1 Å². The zero-order chi connectivity index (χ0) is 20.8. The van der Waals surface area contributed by atoms with Gasteiger partial charge in [-0.1, -0.05) is 25.1 Å². The minimum absolute atomic E-state index is 0. The van der Waals surface area contributed by atoms with Crippen molar-refractivity contribution in [3.05, 3.63) is 54.0 Å². The maximum atomic E-state index is 12.0. The SMILES string of the molecule is CCCN=C(NCCc1ccco1)N1CC(CCN2CCCC2=O)c2ccccc21.I. The highest BCUT2D eigenvalue weighted by Crippen LogP contribution is 2.38. The molecule has 1 aromatic heterocycles. The lowest BCUT2D eigenvalue weighted by Crippen LogP contribution is -2.42. The Hall–Kier alpha value is -2.03. The second kappa shape index (κ2) is 11.5. The Bertz CT molecular complexity index is 868. The number of carbonyl (C=O) groups excluding carboxylic acids is 1. The number of hydrogen-bond donors (Lipinski definition) is 1. The Morgan fingerprint density at radius 2 is 2.13 bits per heavy atom. The monoisotopic (exact) mass is 536 g/mol. The minimum atomic E-state index is 0. The molecular weight excluding hydrogens is 503 g/mol. The van der Waals surface area contributed by atoms with Crippen LogP contribution in [0.3, 0.4) is 0 Å². The summed E-state index contributed by atoms with van der Waals surface area (Å²) in [6.45, 7) is 6.39. The van der Waals surface area contributed by atoms with E-state index in [1.165, 1.54) is 11.3 Å². The van der Waals surface area contributed by atoms with Gasteiger partial charge in [-0.15, -0.1) is 24.0 Å². The zero-order valence-electron chi connectivity index (χ0n) is 18.3. The number of hydrogen-bond acceptors (Lipinski definition) is 3. The van der Waals surface area contributed by atoms with E-state index in [4.69, 9.17) is 9.41 Å². The van der Waals surface area contributed by atoms with Crippen molar-refractivity contribution in [2.45, 2.75) is 44.9 Å². The fourth-order valence-corrected chi connectivity index (χ4v) is 4.40. The average Bonchev–Trinajstić information content (AvgIpc) is 3.50. The highest BCUT2D eigenvalue weighted by molar-refractivity contribution is 14.0. The summed E-state index contributed by atoms with van der Waals surface area (Å²) in [5.74, 6) is 2.64. The predicted octanol–water partition coefficient (Wildman–Crippen LogP) is 4.41. The molecule has 168 valence electrons. The summed E-state index contributed by atoms with van der Waals surface area (Å²) >= 11 is 0. The van der Waals surface area contributed by atoms with Gasteiger partial charge in [0.25, 0.3) is 0 Å². The molecule has 0 radical (unpaired) electrons. The van der Waals surface area contributed by atoms with Gasteiger partial charge in [-0.05, 0) is 43.0 Å². The molecule has 2 aliphatic rings. The van der Waals surface area contributed by atoms with Gasteiger partial charge < -0.3 is 19.5 Å². The van der Waals surface area contributed by atoms with Gasteiger partial charge in [0, 0.05) is 57.2 Å². The number of para-hydroxylation sites is 1. The third kappa shape index (κ3) is 5.81. The molecule has 1 N–H and O–H groups in total. The average molecular weight is 536 g/mol. The summed E-state index contributed by atoms with van der Waals surface area (Å²) in [4.78, 5) is 21.2. The summed E-state index contributed by atoms with van der Waals surface area (Å²) in [7, 11) is 0. The Morgan fingerprint density at radius 3 is 2.87 bits per heavy atom. The Labute approximate surface area is 202 Å². The molecule has 7 heteroatoms. The molecule has 31 heavy (non-hydrogen) atoms. The number of nitrogens with zero attached hydrogens (tertiary/aromatic N) is 3. The molecule has 3 heterocycles. The van der Waals surface area contributed by atoms with Gasteiger partial charge in [-0.3, -0.25) is 9.79 Å². The highest BCUT2D eigenvalue weighted by atomic mass is 127. The van der Waals surface area contributed by atoms with Gasteiger partial charge in [-0.25, -0.2) is 0 Å². The van der Waals surface area contributed by atoms with E-state index in [1.807, 2.05) is 17.0 Å². The molecule has 0 bridgehead atoms. The first-order valence-electron chi connectivity index (χ1n) is 11.2. The summed E-state index contributed by atoms with van der Waals surface area (Å²) in [6, 6.07) is 12.6. The molecule has 1 fully saturated rings. The predicted molar refractivity (Wildman–Crippen MR) is 135 cm³/mol. The second-order valence-electron chi connectivity index (χ2n) is 8.10. The van der Waals surface area contributed by atoms with E-state index in [0.29, 0.717) is 18.2 Å². The van der Waals surface area contributed by atoms with E-state index in [2.05, 4.69) is 41.4 Å². The molecule has 4 rings (SSSR count). The van der Waals surface area contributed by atoms with Crippen molar-refractivity contribution < 1.29 is 9.21 Å². The van der Waals surface area contributed by atoms with Crippen molar-refractivity contribution in [3.8, 4) is 0 Å². The van der Waals surface area contributed by atoms with Gasteiger partial charge >= 0.3 is 0 Å². The smallest absolute Gasteiger partial charge is 0.222 e. The fourth-order valence-electron chi connectivity index (χ4n) is 4.40. The van der Waals surface area contributed by atoms with Crippen LogP contribution in [-0.4, -0.2) is 49.5 Å². The Kier molecular flexibility index (Phi) is 8.80. The standard InChI is InChI=1S/C24H32N4O2.HI/c1-2-13-25-24(26-14-11-20-7-6-17-30-20)28-18-19(21-8-3-4-9-22(21)28)12-16-27-15-5-10-23(27)29;/h3-4,6-9,17,19H,2,5,10-16,18H2,1H3,(H,25,26);1H. The number of furan rings is 1. The van der Waals surface area contributed by atoms with Crippen LogP contribution in [0, 0.1) is 0 Å². The van der Waals surface area contributed by atoms with Crippen molar-refractivity contribution in [3.63, 3.8) is 0 Å². The summed E-state index contributed by atoms with van der Waals surface area (Å²) < 4.78 is 5.46. The number of likely N-dealkylation sites (tertiary alicyclic amines) is 1. The van der Waals surface area contributed by atoms with Crippen molar-refractivity contribution in [1.82, 2.24) is 10.2 Å². The molecule has 6 nitrogen and oxygen atoms in total. The van der Waals surface area contributed by atoms with Crippen LogP contribution in [0.5, 0.6) is 0 Å². The molecule has 0 saturated carbocycles. The fraction of sp³-hybridized carbons (Fsp3) is 0.500. The minimum Gasteiger partial charge on any atom is -0.469 e. The largest absolute Gasteiger partial charge is 0.469 e. The lowest BCUT2D eigenvalue weighted by Gasteiger charge is -2.24. The number of guanidine groups is 1. The van der Waals surface area contributed by atoms with Gasteiger partial charge in [0.15, 0.2) is 5.96 Å². The van der Waals surface area contributed by atoms with E-state index in [9.17, 15) is 4.79 Å². The van der Waals surface area contributed by atoms with Gasteiger partial charge in [0.1, 0.15) is 5.76 Å². The molecule has 1 amide bonds. The third-order valence-electron chi connectivity index (χ3n) is 5.96. The zero-order valence-corrected chi connectivity index (χ0v) is 20.6. The summed E-state index contributed by atoms with van der Waals surface area (Å²) in [5.41, 5.74) is 2.59. The molecule has 1 aromatic carbocycles. The number of benzene rings is 1. The van der Waals surface area contributed by atoms with Gasteiger partial charge in [-0.2, -0.15) is 0 Å². The second-order valence-corrected chi connectivity index (χ2v) is 8.10. The molecule has 2 aliphatic heterocycles. The lowest BCUT2D eigenvalue weighted by atomic mass is 9.98. The first-order chi connectivity index (χ1) is 14.8. The van der Waals surface area contributed by atoms with Crippen LogP contribution in [0.25, 0.3) is 0 Å². The molecular formula is C24H33IN4O2. The van der Waals surface area contributed by atoms with E-state index in [-0.39, 0.29) is 24.0 Å². The van der Waals surface area contributed by atoms with Crippen LogP contribution < -0.4 is 10.2 Å². The summed E-state index contributed by atoms with van der Waals surface area (Å²) in [5, 5.41) is 3.55. The molecule has 1 unspecified atom stereocenters. The van der Waals surface area contributed by atoms with Crippen molar-refractivity contribution in [2.24, 2.45) is 4.99 Å². The number of nitrogens with one attached hydrogen (secondary N) is 1. The van der Waals surface area contributed by atoms with Crippen molar-refractivity contribution in [1.29, 1.82) is 0 Å². The number of fused-ring (bicyclic) bond motifs is 1. The van der Waals surface area contributed by atoms with E-state index < -0.39 is 0 Å². The number of anilines is 1. The highest BCUT2D eigenvalue weighted by Gasteiger charge is 2.32. The molecule has 0 aliphatic carbocycles. The quantitative estimate of drug-likeness (QED) is 0.309. The van der Waals surface area contributed by atoms with E-state index >= 15 is 0 Å².